The van der Waals surface area contributed by atoms with Crippen molar-refractivity contribution in [3.8, 4) is 5.75 Å². The number of rotatable bonds is 1. The fraction of sp³-hybridized carbons (Fsp3) is 0.556. The van der Waals surface area contributed by atoms with Gasteiger partial charge in [0.1, 0.15) is 5.75 Å². The number of hydrogen-bond donors (Lipinski definition) is 1. The largest absolute Gasteiger partial charge is 0.496 e. The molecule has 2 heteroatoms. The van der Waals surface area contributed by atoms with E-state index in [1.165, 1.54) is 36.8 Å². The molecule has 1 N–H and O–H groups in total. The molecule has 0 spiro atoms. The third-order valence-electron chi connectivity index (χ3n) is 5.86. The van der Waals surface area contributed by atoms with Crippen LogP contribution in [0.4, 0.5) is 0 Å². The normalized spacial score (nSPS) is 35.1. The van der Waals surface area contributed by atoms with Gasteiger partial charge in [0.05, 0.1) is 7.11 Å². The fourth-order valence-electron chi connectivity index (χ4n) is 5.08. The van der Waals surface area contributed by atoms with Gasteiger partial charge in [-0.15, -0.1) is 0 Å². The highest BCUT2D eigenvalue weighted by atomic mass is 16.5. The SMILES string of the molecule is C=C1CC[C@H]2[C@H]3Cc4c(OC)cccc4[C@@]2(CCN3)C1. The van der Waals surface area contributed by atoms with Crippen LogP contribution in [0.2, 0.25) is 0 Å². The van der Waals surface area contributed by atoms with Gasteiger partial charge in [0.2, 0.25) is 0 Å². The number of ether oxygens (including phenoxy) is 1. The van der Waals surface area contributed by atoms with Gasteiger partial charge in [-0.3, -0.25) is 0 Å². The minimum absolute atomic E-state index is 0.327. The zero-order valence-electron chi connectivity index (χ0n) is 12.2. The Labute approximate surface area is 121 Å². The van der Waals surface area contributed by atoms with Gasteiger partial charge in [0.15, 0.2) is 0 Å². The van der Waals surface area contributed by atoms with Gasteiger partial charge >= 0.3 is 0 Å². The van der Waals surface area contributed by atoms with E-state index < -0.39 is 0 Å². The first-order valence-corrected chi connectivity index (χ1v) is 7.81. The van der Waals surface area contributed by atoms with E-state index >= 15 is 0 Å². The molecule has 3 atom stereocenters. The minimum Gasteiger partial charge on any atom is -0.496 e. The zero-order chi connectivity index (χ0) is 13.7. The molecule has 4 rings (SSSR count). The molecule has 1 aromatic carbocycles. The quantitative estimate of drug-likeness (QED) is 0.791. The zero-order valence-corrected chi connectivity index (χ0v) is 12.2. The van der Waals surface area contributed by atoms with Gasteiger partial charge in [-0.2, -0.15) is 0 Å². The summed E-state index contributed by atoms with van der Waals surface area (Å²) in [7, 11) is 1.79. The summed E-state index contributed by atoms with van der Waals surface area (Å²) in [5.41, 5.74) is 4.77. The predicted molar refractivity (Wildman–Crippen MR) is 81.3 cm³/mol. The summed E-state index contributed by atoms with van der Waals surface area (Å²) in [6, 6.07) is 7.26. The lowest BCUT2D eigenvalue weighted by molar-refractivity contribution is 0.0989. The second-order valence-electron chi connectivity index (χ2n) is 6.73. The molecule has 0 radical (unpaired) electrons. The van der Waals surface area contributed by atoms with Crippen molar-refractivity contribution in [2.24, 2.45) is 5.92 Å². The molecule has 1 saturated carbocycles. The lowest BCUT2D eigenvalue weighted by Gasteiger charge is -2.56. The van der Waals surface area contributed by atoms with Crippen LogP contribution in [-0.4, -0.2) is 19.7 Å². The molecule has 106 valence electrons. The van der Waals surface area contributed by atoms with E-state index in [9.17, 15) is 0 Å². The van der Waals surface area contributed by atoms with Crippen molar-refractivity contribution in [3.05, 3.63) is 41.5 Å². The van der Waals surface area contributed by atoms with Gasteiger partial charge in [-0.1, -0.05) is 24.3 Å². The number of nitrogens with one attached hydrogen (secondary N) is 1. The maximum Gasteiger partial charge on any atom is 0.122 e. The molecule has 0 amide bonds. The van der Waals surface area contributed by atoms with Crippen molar-refractivity contribution in [1.82, 2.24) is 5.32 Å². The maximum absolute atomic E-state index is 5.63. The first-order valence-electron chi connectivity index (χ1n) is 7.81. The van der Waals surface area contributed by atoms with Gasteiger partial charge in [0.25, 0.3) is 0 Å². The standard InChI is InChI=1S/C18H23NO/c1-12-6-7-15-16-10-13-14(4-3-5-17(13)20-2)18(15,11-12)8-9-19-16/h3-5,15-16,19H,1,6-11H2,2H3/t15-,16+,18+/m0/s1. The Morgan fingerprint density at radius 3 is 3.15 bits per heavy atom. The van der Waals surface area contributed by atoms with Crippen LogP contribution in [0.3, 0.4) is 0 Å². The first kappa shape index (κ1) is 12.5. The molecule has 2 aliphatic carbocycles. The van der Waals surface area contributed by atoms with Gasteiger partial charge < -0.3 is 10.1 Å². The molecule has 20 heavy (non-hydrogen) atoms. The van der Waals surface area contributed by atoms with E-state index in [0.717, 1.165) is 24.6 Å². The molecule has 1 saturated heterocycles. The average molecular weight is 269 g/mol. The number of allylic oxidation sites excluding steroid dienone is 1. The van der Waals surface area contributed by atoms with Crippen LogP contribution >= 0.6 is 0 Å². The second kappa shape index (κ2) is 4.36. The monoisotopic (exact) mass is 269 g/mol. The predicted octanol–water partition coefficient (Wildman–Crippen LogP) is 3.21. The molecular formula is C18H23NO. The molecule has 2 bridgehead atoms. The Balaban J connectivity index is 1.92. The van der Waals surface area contributed by atoms with E-state index in [2.05, 4.69) is 30.1 Å². The van der Waals surface area contributed by atoms with Crippen LogP contribution in [-0.2, 0) is 11.8 Å². The summed E-state index contributed by atoms with van der Waals surface area (Å²) < 4.78 is 5.63. The Hall–Kier alpha value is -1.28. The summed E-state index contributed by atoms with van der Waals surface area (Å²) in [5.74, 6) is 1.85. The third kappa shape index (κ3) is 1.54. The molecule has 0 aromatic heterocycles. The Bertz CT molecular complexity index is 565. The molecule has 1 aromatic rings. The molecule has 1 aliphatic heterocycles. The van der Waals surface area contributed by atoms with Crippen molar-refractivity contribution in [1.29, 1.82) is 0 Å². The Morgan fingerprint density at radius 1 is 1.40 bits per heavy atom. The smallest absolute Gasteiger partial charge is 0.122 e. The van der Waals surface area contributed by atoms with Gasteiger partial charge in [-0.05, 0) is 61.8 Å². The van der Waals surface area contributed by atoms with E-state index in [0.29, 0.717) is 11.5 Å². The third-order valence-corrected chi connectivity index (χ3v) is 5.86. The maximum atomic E-state index is 5.63. The highest BCUT2D eigenvalue weighted by Crippen LogP contribution is 2.55. The molecule has 0 unspecified atom stereocenters. The number of benzene rings is 1. The fourth-order valence-corrected chi connectivity index (χ4v) is 5.08. The van der Waals surface area contributed by atoms with E-state index in [1.807, 2.05) is 0 Å². The van der Waals surface area contributed by atoms with E-state index in [-0.39, 0.29) is 0 Å². The molecule has 1 heterocycles. The first-order chi connectivity index (χ1) is 9.74. The highest BCUT2D eigenvalue weighted by Gasteiger charge is 2.52. The number of piperidine rings is 1. The Kier molecular flexibility index (Phi) is 2.71. The molecule has 2 fully saturated rings. The average Bonchev–Trinajstić information content (AvgIpc) is 2.46. The molecule has 3 aliphatic rings. The van der Waals surface area contributed by atoms with Crippen molar-refractivity contribution >= 4 is 0 Å². The van der Waals surface area contributed by atoms with Crippen LogP contribution in [0.5, 0.6) is 5.75 Å². The van der Waals surface area contributed by atoms with Crippen LogP contribution in [0.25, 0.3) is 0 Å². The minimum atomic E-state index is 0.327. The summed E-state index contributed by atoms with van der Waals surface area (Å²) in [6.45, 7) is 5.46. The van der Waals surface area contributed by atoms with Crippen LogP contribution in [0.15, 0.2) is 30.4 Å². The highest BCUT2D eigenvalue weighted by molar-refractivity contribution is 5.49. The van der Waals surface area contributed by atoms with E-state index in [4.69, 9.17) is 4.74 Å². The van der Waals surface area contributed by atoms with E-state index in [1.54, 1.807) is 12.7 Å². The number of fused-ring (bicyclic) bond motifs is 1. The summed E-state index contributed by atoms with van der Waals surface area (Å²) in [4.78, 5) is 0. The lowest BCUT2D eigenvalue weighted by atomic mass is 9.52. The van der Waals surface area contributed by atoms with Gasteiger partial charge in [-0.25, -0.2) is 0 Å². The van der Waals surface area contributed by atoms with Crippen molar-refractivity contribution < 1.29 is 4.74 Å². The summed E-state index contributed by atoms with van der Waals surface area (Å²) >= 11 is 0. The Morgan fingerprint density at radius 2 is 2.30 bits per heavy atom. The topological polar surface area (TPSA) is 21.3 Å². The second-order valence-corrected chi connectivity index (χ2v) is 6.73. The summed E-state index contributed by atoms with van der Waals surface area (Å²) in [6.07, 6.45) is 6.05. The molecular weight excluding hydrogens is 246 g/mol. The van der Waals surface area contributed by atoms with Gasteiger partial charge in [0, 0.05) is 11.5 Å². The van der Waals surface area contributed by atoms with Crippen molar-refractivity contribution in [2.45, 2.75) is 43.6 Å². The number of methoxy groups -OCH3 is 1. The number of hydrogen-bond acceptors (Lipinski definition) is 2. The lowest BCUT2D eigenvalue weighted by Crippen LogP contribution is -2.59. The molecule has 2 nitrogen and oxygen atoms in total. The van der Waals surface area contributed by atoms with Crippen LogP contribution in [0.1, 0.15) is 36.8 Å². The van der Waals surface area contributed by atoms with Crippen LogP contribution in [0, 0.1) is 5.92 Å². The van der Waals surface area contributed by atoms with Crippen LogP contribution < -0.4 is 10.1 Å². The van der Waals surface area contributed by atoms with Crippen molar-refractivity contribution in [3.63, 3.8) is 0 Å². The van der Waals surface area contributed by atoms with Crippen molar-refractivity contribution in [2.75, 3.05) is 13.7 Å². The summed E-state index contributed by atoms with van der Waals surface area (Å²) in [5, 5.41) is 3.77.